The Morgan fingerprint density at radius 2 is 1.39 bits per heavy atom. The standard InChI is InChI=1S/C27H29NO4.C4H10.C2H6/c1-3-9-25(27(30)31)28-26(29)23-15-14-21(18-32-17-20-11-5-4-6-12-20)16-24(23)22-13-8-7-10-19(22)2;1-3-4-2;1-2/h4-8,10-16,25H,3,9,17-18H2,1-2H3,(H,28,29)(H,30,31);3-4H2,1-2H3;1-2H3. The van der Waals surface area contributed by atoms with E-state index in [4.69, 9.17) is 4.74 Å². The molecule has 0 aliphatic heterocycles. The highest BCUT2D eigenvalue weighted by atomic mass is 16.5. The minimum atomic E-state index is -1.02. The van der Waals surface area contributed by atoms with Crippen LogP contribution in [0.5, 0.6) is 0 Å². The van der Waals surface area contributed by atoms with E-state index in [2.05, 4.69) is 19.2 Å². The van der Waals surface area contributed by atoms with Gasteiger partial charge in [-0.1, -0.05) is 115 Å². The summed E-state index contributed by atoms with van der Waals surface area (Å²) in [4.78, 5) is 24.6. The molecular formula is C33H45NO4. The minimum absolute atomic E-state index is 0.381. The van der Waals surface area contributed by atoms with Crippen molar-refractivity contribution in [3.8, 4) is 11.1 Å². The number of amides is 1. The molecule has 5 nitrogen and oxygen atoms in total. The molecule has 0 spiro atoms. The summed E-state index contributed by atoms with van der Waals surface area (Å²) in [6, 6.07) is 22.5. The van der Waals surface area contributed by atoms with Gasteiger partial charge in [-0.3, -0.25) is 4.79 Å². The lowest BCUT2D eigenvalue weighted by atomic mass is 9.93. The van der Waals surface area contributed by atoms with Gasteiger partial charge >= 0.3 is 5.97 Å². The maximum atomic E-state index is 13.0. The molecule has 3 rings (SSSR count). The summed E-state index contributed by atoms with van der Waals surface area (Å²) < 4.78 is 5.88. The summed E-state index contributed by atoms with van der Waals surface area (Å²) in [6.07, 6.45) is 3.69. The Morgan fingerprint density at radius 1 is 0.789 bits per heavy atom. The van der Waals surface area contributed by atoms with E-state index in [-0.39, 0.29) is 5.91 Å². The smallest absolute Gasteiger partial charge is 0.326 e. The Labute approximate surface area is 229 Å². The monoisotopic (exact) mass is 519 g/mol. The molecule has 0 aliphatic carbocycles. The lowest BCUT2D eigenvalue weighted by Gasteiger charge is -2.17. The average Bonchev–Trinajstić information content (AvgIpc) is 2.94. The van der Waals surface area contributed by atoms with Crippen LogP contribution < -0.4 is 5.32 Å². The van der Waals surface area contributed by atoms with Gasteiger partial charge in [-0.05, 0) is 53.3 Å². The van der Waals surface area contributed by atoms with Crippen molar-refractivity contribution in [3.63, 3.8) is 0 Å². The van der Waals surface area contributed by atoms with Gasteiger partial charge in [0.05, 0.1) is 13.2 Å². The molecule has 0 radical (unpaired) electrons. The van der Waals surface area contributed by atoms with Crippen molar-refractivity contribution in [1.82, 2.24) is 5.32 Å². The third kappa shape index (κ3) is 10.9. The summed E-state index contributed by atoms with van der Waals surface area (Å²) in [5, 5.41) is 12.1. The van der Waals surface area contributed by atoms with Gasteiger partial charge in [0, 0.05) is 5.56 Å². The number of aliphatic carboxylic acids is 1. The fraction of sp³-hybridized carbons (Fsp3) is 0.394. The Bertz CT molecular complexity index is 1090. The molecule has 0 saturated heterocycles. The van der Waals surface area contributed by atoms with Crippen LogP contribution in [0, 0.1) is 6.92 Å². The summed E-state index contributed by atoms with van der Waals surface area (Å²) >= 11 is 0. The molecule has 38 heavy (non-hydrogen) atoms. The van der Waals surface area contributed by atoms with Crippen molar-refractivity contribution in [1.29, 1.82) is 0 Å². The van der Waals surface area contributed by atoms with Crippen molar-refractivity contribution in [2.75, 3.05) is 0 Å². The fourth-order valence-electron chi connectivity index (χ4n) is 3.62. The average molecular weight is 520 g/mol. The van der Waals surface area contributed by atoms with Crippen LogP contribution in [0.3, 0.4) is 0 Å². The Morgan fingerprint density at radius 3 is 1.97 bits per heavy atom. The number of carboxylic acid groups (broad SMARTS) is 1. The molecule has 0 aliphatic rings. The zero-order valence-electron chi connectivity index (χ0n) is 23.9. The van der Waals surface area contributed by atoms with Crippen LogP contribution in [-0.2, 0) is 22.7 Å². The first-order valence-electron chi connectivity index (χ1n) is 13.7. The number of carboxylic acids is 1. The van der Waals surface area contributed by atoms with Gasteiger partial charge in [-0.2, -0.15) is 0 Å². The van der Waals surface area contributed by atoms with Gasteiger partial charge in [0.1, 0.15) is 6.04 Å². The minimum Gasteiger partial charge on any atom is -0.480 e. The molecule has 206 valence electrons. The molecule has 5 heteroatoms. The van der Waals surface area contributed by atoms with E-state index >= 15 is 0 Å². The van der Waals surface area contributed by atoms with Crippen LogP contribution in [0.4, 0.5) is 0 Å². The van der Waals surface area contributed by atoms with Crippen LogP contribution in [0.15, 0.2) is 72.8 Å². The summed E-state index contributed by atoms with van der Waals surface area (Å²) in [7, 11) is 0. The van der Waals surface area contributed by atoms with Crippen LogP contribution >= 0.6 is 0 Å². The second-order valence-corrected chi connectivity index (χ2v) is 8.83. The Kier molecular flexibility index (Phi) is 16.1. The summed E-state index contributed by atoms with van der Waals surface area (Å²) in [6.45, 7) is 13.2. The predicted octanol–water partition coefficient (Wildman–Crippen LogP) is 8.19. The van der Waals surface area contributed by atoms with Gasteiger partial charge in [0.15, 0.2) is 0 Å². The van der Waals surface area contributed by atoms with Crippen molar-refractivity contribution in [3.05, 3.63) is 95.1 Å². The molecule has 1 atom stereocenters. The number of hydrogen-bond acceptors (Lipinski definition) is 3. The first-order valence-corrected chi connectivity index (χ1v) is 13.7. The van der Waals surface area contributed by atoms with Crippen LogP contribution in [0.25, 0.3) is 11.1 Å². The maximum absolute atomic E-state index is 13.0. The number of ether oxygens (including phenoxy) is 1. The molecule has 2 N–H and O–H groups in total. The van der Waals surface area contributed by atoms with E-state index in [1.807, 2.05) is 94.4 Å². The van der Waals surface area contributed by atoms with E-state index in [0.29, 0.717) is 31.6 Å². The molecular weight excluding hydrogens is 474 g/mol. The molecule has 1 amide bonds. The third-order valence-electron chi connectivity index (χ3n) is 5.82. The van der Waals surface area contributed by atoms with Crippen LogP contribution in [0.2, 0.25) is 0 Å². The summed E-state index contributed by atoms with van der Waals surface area (Å²) in [5.41, 5.74) is 5.23. The van der Waals surface area contributed by atoms with Crippen molar-refractivity contribution >= 4 is 11.9 Å². The quantitative estimate of drug-likeness (QED) is 0.268. The molecule has 0 aromatic heterocycles. The Hall–Kier alpha value is -3.44. The predicted molar refractivity (Wildman–Crippen MR) is 157 cm³/mol. The number of benzene rings is 3. The van der Waals surface area contributed by atoms with Crippen molar-refractivity contribution < 1.29 is 19.4 Å². The van der Waals surface area contributed by atoms with Gasteiger partial charge in [0.25, 0.3) is 5.91 Å². The summed E-state index contributed by atoms with van der Waals surface area (Å²) in [5.74, 6) is -1.41. The second-order valence-electron chi connectivity index (χ2n) is 8.83. The Balaban J connectivity index is 0.00000110. The number of rotatable bonds is 11. The molecule has 3 aromatic carbocycles. The number of hydrogen-bond donors (Lipinski definition) is 2. The number of aryl methyl sites for hydroxylation is 1. The van der Waals surface area contributed by atoms with Gasteiger partial charge in [0.2, 0.25) is 0 Å². The SMILES string of the molecule is CC.CCCC.CCCC(NC(=O)c1ccc(COCc2ccccc2)cc1-c1ccccc1C)C(=O)O. The van der Waals surface area contributed by atoms with E-state index in [1.54, 1.807) is 6.07 Å². The number of unbranched alkanes of at least 4 members (excludes halogenated alkanes) is 1. The van der Waals surface area contributed by atoms with E-state index in [1.165, 1.54) is 12.8 Å². The zero-order chi connectivity index (χ0) is 28.3. The maximum Gasteiger partial charge on any atom is 0.326 e. The van der Waals surface area contributed by atoms with Gasteiger partial charge < -0.3 is 15.2 Å². The molecule has 3 aromatic rings. The van der Waals surface area contributed by atoms with Crippen molar-refractivity contribution in [2.45, 2.75) is 86.5 Å². The molecule has 1 unspecified atom stereocenters. The molecule has 0 saturated carbocycles. The van der Waals surface area contributed by atoms with E-state index in [9.17, 15) is 14.7 Å². The number of nitrogens with one attached hydrogen (secondary N) is 1. The van der Waals surface area contributed by atoms with E-state index in [0.717, 1.165) is 27.8 Å². The fourth-order valence-corrected chi connectivity index (χ4v) is 3.62. The second kappa shape index (κ2) is 18.8. The molecule has 0 fully saturated rings. The number of carbonyl (C=O) groups is 2. The van der Waals surface area contributed by atoms with Crippen LogP contribution in [-0.4, -0.2) is 23.0 Å². The van der Waals surface area contributed by atoms with Crippen LogP contribution in [0.1, 0.15) is 87.4 Å². The van der Waals surface area contributed by atoms with Gasteiger partial charge in [-0.25, -0.2) is 4.79 Å². The normalized spacial score (nSPS) is 10.8. The molecule has 0 bridgehead atoms. The highest BCUT2D eigenvalue weighted by Gasteiger charge is 2.22. The molecule has 0 heterocycles. The lowest BCUT2D eigenvalue weighted by molar-refractivity contribution is -0.139. The first kappa shape index (κ1) is 32.6. The van der Waals surface area contributed by atoms with Gasteiger partial charge in [-0.15, -0.1) is 0 Å². The zero-order valence-corrected chi connectivity index (χ0v) is 23.9. The van der Waals surface area contributed by atoms with E-state index < -0.39 is 12.0 Å². The lowest BCUT2D eigenvalue weighted by Crippen LogP contribution is -2.40. The third-order valence-corrected chi connectivity index (χ3v) is 5.82. The number of carbonyl (C=O) groups excluding carboxylic acids is 1. The largest absolute Gasteiger partial charge is 0.480 e. The highest BCUT2D eigenvalue weighted by Crippen LogP contribution is 2.28. The topological polar surface area (TPSA) is 75.6 Å². The van der Waals surface area contributed by atoms with Crippen molar-refractivity contribution in [2.24, 2.45) is 0 Å². The highest BCUT2D eigenvalue weighted by molar-refractivity contribution is 6.02. The first-order chi connectivity index (χ1) is 18.4.